The Morgan fingerprint density at radius 2 is 1.21 bits per heavy atom. The first kappa shape index (κ1) is 38.0. The molecule has 57 heavy (non-hydrogen) atoms. The molecule has 0 amide bonds. The van der Waals surface area contributed by atoms with E-state index in [-0.39, 0.29) is 10.8 Å². The maximum atomic E-state index is 6.77. The lowest BCUT2D eigenvalue weighted by molar-refractivity contribution is 0.482. The molecule has 0 saturated heterocycles. The van der Waals surface area contributed by atoms with Gasteiger partial charge in [-0.15, -0.1) is 0 Å². The van der Waals surface area contributed by atoms with Crippen LogP contribution in [0.15, 0.2) is 134 Å². The third-order valence-electron chi connectivity index (χ3n) is 11.0. The summed E-state index contributed by atoms with van der Waals surface area (Å²) >= 11 is 0. The molecule has 0 fully saturated rings. The Labute approximate surface area is 338 Å². The van der Waals surface area contributed by atoms with Gasteiger partial charge in [0.25, 0.3) is 0 Å². The fraction of sp³-hybridized carbons (Fsp3) is 0.269. The molecule has 0 unspecified atom stereocenters. The van der Waals surface area contributed by atoms with E-state index >= 15 is 0 Å². The molecule has 0 spiro atoms. The van der Waals surface area contributed by atoms with Crippen molar-refractivity contribution in [2.75, 3.05) is 0 Å². The summed E-state index contributed by atoms with van der Waals surface area (Å²) in [6.45, 7) is 22.7. The highest BCUT2D eigenvalue weighted by Crippen LogP contribution is 2.47. The van der Waals surface area contributed by atoms with Crippen LogP contribution in [0.2, 0.25) is 0 Å². The van der Waals surface area contributed by atoms with Crippen molar-refractivity contribution in [3.63, 3.8) is 0 Å². The van der Waals surface area contributed by atoms with Gasteiger partial charge in [-0.1, -0.05) is 142 Å². The second kappa shape index (κ2) is 14.5. The van der Waals surface area contributed by atoms with Crippen LogP contribution in [0.3, 0.4) is 0 Å². The van der Waals surface area contributed by atoms with Gasteiger partial charge >= 0.3 is 0 Å². The van der Waals surface area contributed by atoms with E-state index in [1.54, 1.807) is 0 Å². The van der Waals surface area contributed by atoms with Crippen LogP contribution < -0.4 is 4.74 Å². The standard InChI is InChI=1S/C52H54N4O/c1-33(2)40-23-17-24-41(34(3)4)47(40)48-49(35-18-12-11-13-19-35)56(54-50(48)52(8,9)10)37-20-16-21-38(31-37)57-39-26-27-43-42-22-14-15-25-44(42)55(45(43)32-39)46-30-36(28-29-53-46)51(5,6)7/h11-34H,1-10H3. The molecule has 8 rings (SSSR count). The summed E-state index contributed by atoms with van der Waals surface area (Å²) in [4.78, 5) is 4.88. The molecule has 0 aliphatic carbocycles. The molecule has 0 atom stereocenters. The van der Waals surface area contributed by atoms with Gasteiger partial charge in [0.2, 0.25) is 0 Å². The molecule has 288 valence electrons. The molecular weight excluding hydrogens is 697 g/mol. The summed E-state index contributed by atoms with van der Waals surface area (Å²) in [7, 11) is 0. The molecule has 3 aromatic heterocycles. The summed E-state index contributed by atoms with van der Waals surface area (Å²) in [6, 6.07) is 45.1. The number of aromatic nitrogens is 4. The van der Waals surface area contributed by atoms with Gasteiger partial charge in [0.05, 0.1) is 28.1 Å². The number of pyridine rings is 1. The molecule has 0 bridgehead atoms. The second-order valence-electron chi connectivity index (χ2n) is 18.0. The lowest BCUT2D eigenvalue weighted by Gasteiger charge is -2.24. The zero-order valence-corrected chi connectivity index (χ0v) is 35.1. The first-order valence-corrected chi connectivity index (χ1v) is 20.3. The number of fused-ring (bicyclic) bond motifs is 3. The minimum absolute atomic E-state index is 0.00632. The number of benzene rings is 5. The summed E-state index contributed by atoms with van der Waals surface area (Å²) in [5.41, 5.74) is 12.6. The molecule has 0 saturated carbocycles. The highest BCUT2D eigenvalue weighted by molar-refractivity contribution is 6.09. The number of rotatable bonds is 8. The highest BCUT2D eigenvalue weighted by atomic mass is 16.5. The third-order valence-corrected chi connectivity index (χ3v) is 11.0. The van der Waals surface area contributed by atoms with Gasteiger partial charge in [0.1, 0.15) is 17.3 Å². The van der Waals surface area contributed by atoms with Crippen LogP contribution in [-0.2, 0) is 10.8 Å². The predicted molar refractivity (Wildman–Crippen MR) is 239 cm³/mol. The zero-order valence-electron chi connectivity index (χ0n) is 35.1. The molecule has 5 aromatic carbocycles. The van der Waals surface area contributed by atoms with E-state index in [2.05, 4.69) is 200 Å². The van der Waals surface area contributed by atoms with Crippen LogP contribution in [0.4, 0.5) is 0 Å². The summed E-state index contributed by atoms with van der Waals surface area (Å²) in [5, 5.41) is 7.88. The van der Waals surface area contributed by atoms with Crippen LogP contribution >= 0.6 is 0 Å². The highest BCUT2D eigenvalue weighted by Gasteiger charge is 2.32. The quantitative estimate of drug-likeness (QED) is 0.155. The molecule has 0 N–H and O–H groups in total. The van der Waals surface area contributed by atoms with Crippen LogP contribution in [0, 0.1) is 0 Å². The van der Waals surface area contributed by atoms with Gasteiger partial charge in [0.15, 0.2) is 0 Å². The van der Waals surface area contributed by atoms with E-state index in [0.29, 0.717) is 11.8 Å². The fourth-order valence-corrected chi connectivity index (χ4v) is 8.15. The summed E-state index contributed by atoms with van der Waals surface area (Å²) in [5.74, 6) is 3.06. The maximum absolute atomic E-state index is 6.77. The monoisotopic (exact) mass is 750 g/mol. The molecule has 3 heterocycles. The zero-order chi connectivity index (χ0) is 40.2. The van der Waals surface area contributed by atoms with Crippen LogP contribution in [0.25, 0.3) is 55.7 Å². The number of hydrogen-bond donors (Lipinski definition) is 0. The second-order valence-corrected chi connectivity index (χ2v) is 18.0. The Morgan fingerprint density at radius 3 is 1.89 bits per heavy atom. The number of hydrogen-bond acceptors (Lipinski definition) is 3. The van der Waals surface area contributed by atoms with Crippen molar-refractivity contribution in [3.05, 3.63) is 156 Å². The van der Waals surface area contributed by atoms with Crippen molar-refractivity contribution in [3.8, 4) is 45.4 Å². The Bertz CT molecular complexity index is 2710. The van der Waals surface area contributed by atoms with E-state index in [9.17, 15) is 0 Å². The molecule has 8 aromatic rings. The lowest BCUT2D eigenvalue weighted by atomic mass is 9.79. The Morgan fingerprint density at radius 1 is 0.561 bits per heavy atom. The first-order chi connectivity index (χ1) is 27.2. The maximum Gasteiger partial charge on any atom is 0.137 e. The van der Waals surface area contributed by atoms with Gasteiger partial charge in [-0.2, -0.15) is 5.10 Å². The van der Waals surface area contributed by atoms with Crippen molar-refractivity contribution >= 4 is 21.8 Å². The van der Waals surface area contributed by atoms with Crippen LogP contribution in [-0.4, -0.2) is 19.3 Å². The predicted octanol–water partition coefficient (Wildman–Crippen LogP) is 14.3. The first-order valence-electron chi connectivity index (χ1n) is 20.3. The summed E-state index contributed by atoms with van der Waals surface area (Å²) < 4.78 is 11.2. The van der Waals surface area contributed by atoms with Crippen LogP contribution in [0.1, 0.15) is 103 Å². The van der Waals surface area contributed by atoms with Gasteiger partial charge in [-0.05, 0) is 82.0 Å². The molecule has 0 radical (unpaired) electrons. The largest absolute Gasteiger partial charge is 0.457 e. The van der Waals surface area contributed by atoms with E-state index in [1.165, 1.54) is 33.2 Å². The smallest absolute Gasteiger partial charge is 0.137 e. The average molecular weight is 751 g/mol. The third kappa shape index (κ3) is 7.05. The Kier molecular flexibility index (Phi) is 9.68. The lowest BCUT2D eigenvalue weighted by Crippen LogP contribution is -2.15. The molecule has 5 nitrogen and oxygen atoms in total. The van der Waals surface area contributed by atoms with Gasteiger partial charge in [-0.25, -0.2) is 9.67 Å². The van der Waals surface area contributed by atoms with E-state index in [0.717, 1.165) is 56.4 Å². The van der Waals surface area contributed by atoms with E-state index < -0.39 is 0 Å². The van der Waals surface area contributed by atoms with Gasteiger partial charge in [0, 0.05) is 45.6 Å². The topological polar surface area (TPSA) is 44.9 Å². The van der Waals surface area contributed by atoms with Crippen LogP contribution in [0.5, 0.6) is 11.5 Å². The minimum Gasteiger partial charge on any atom is -0.457 e. The average Bonchev–Trinajstić information content (AvgIpc) is 3.75. The SMILES string of the molecule is CC(C)c1cccc(C(C)C)c1-c1c(C(C)(C)C)nn(-c2cccc(Oc3ccc4c5ccccc5n(-c5cc(C(C)(C)C)ccn5)c4c3)c2)c1-c1ccccc1. The Balaban J connectivity index is 1.29. The Hall–Kier alpha value is -5.94. The molecule has 0 aliphatic rings. The van der Waals surface area contributed by atoms with Crippen molar-refractivity contribution in [1.82, 2.24) is 19.3 Å². The van der Waals surface area contributed by atoms with Crippen molar-refractivity contribution in [1.29, 1.82) is 0 Å². The van der Waals surface area contributed by atoms with Crippen molar-refractivity contribution in [2.45, 2.75) is 91.9 Å². The van der Waals surface area contributed by atoms with E-state index in [4.69, 9.17) is 14.8 Å². The molecule has 0 aliphatic heterocycles. The van der Waals surface area contributed by atoms with E-state index in [1.807, 2.05) is 12.3 Å². The van der Waals surface area contributed by atoms with Gasteiger partial charge in [-0.3, -0.25) is 4.57 Å². The summed E-state index contributed by atoms with van der Waals surface area (Å²) in [6.07, 6.45) is 1.92. The van der Waals surface area contributed by atoms with Gasteiger partial charge < -0.3 is 4.74 Å². The van der Waals surface area contributed by atoms with Crippen molar-refractivity contribution in [2.24, 2.45) is 0 Å². The minimum atomic E-state index is -0.230. The number of nitrogens with zero attached hydrogens (tertiary/aromatic N) is 4. The normalized spacial score (nSPS) is 12.4. The number of ether oxygens (including phenoxy) is 1. The molecular formula is C52H54N4O. The number of para-hydroxylation sites is 1. The van der Waals surface area contributed by atoms with Crippen molar-refractivity contribution < 1.29 is 4.74 Å². The fourth-order valence-electron chi connectivity index (χ4n) is 8.15. The molecule has 5 heteroatoms.